The fraction of sp³-hybridized carbons (Fsp3) is 0.294. The number of rotatable bonds is 2. The fourth-order valence-electron chi connectivity index (χ4n) is 2.75. The molecule has 0 amide bonds. The van der Waals surface area contributed by atoms with Crippen LogP contribution in [0.4, 0.5) is 15.8 Å². The quantitative estimate of drug-likeness (QED) is 0.757. The van der Waals surface area contributed by atoms with Gasteiger partial charge in [-0.2, -0.15) is 0 Å². The van der Waals surface area contributed by atoms with Crippen molar-refractivity contribution in [1.29, 1.82) is 0 Å². The van der Waals surface area contributed by atoms with Crippen LogP contribution in [-0.4, -0.2) is 17.9 Å². The zero-order valence-corrected chi connectivity index (χ0v) is 14.4. The summed E-state index contributed by atoms with van der Waals surface area (Å²) in [6.45, 7) is 6.74. The molecular weight excluding hydrogens is 345 g/mol. The van der Waals surface area contributed by atoms with Gasteiger partial charge in [-0.15, -0.1) is 0 Å². The van der Waals surface area contributed by atoms with Gasteiger partial charge in [-0.05, 0) is 36.6 Å². The van der Waals surface area contributed by atoms with Gasteiger partial charge in [0.2, 0.25) is 0 Å². The van der Waals surface area contributed by atoms with E-state index in [9.17, 15) is 4.39 Å². The highest BCUT2D eigenvalue weighted by Gasteiger charge is 2.24. The van der Waals surface area contributed by atoms with E-state index >= 15 is 0 Å². The van der Waals surface area contributed by atoms with Gasteiger partial charge >= 0.3 is 0 Å². The normalized spacial score (nSPS) is 13.6. The summed E-state index contributed by atoms with van der Waals surface area (Å²) >= 11 is 3.38. The summed E-state index contributed by atoms with van der Waals surface area (Å²) in [4.78, 5) is 10.9. The molecule has 0 fully saturated rings. The molecule has 3 rings (SSSR count). The first kappa shape index (κ1) is 15.2. The molecule has 2 heterocycles. The van der Waals surface area contributed by atoms with Crippen molar-refractivity contribution in [2.75, 3.05) is 11.6 Å². The smallest absolute Gasteiger partial charge is 0.135 e. The number of aryl methyl sites for hydroxylation is 1. The van der Waals surface area contributed by atoms with Gasteiger partial charge in [0.1, 0.15) is 12.5 Å². The summed E-state index contributed by atoms with van der Waals surface area (Å²) in [6, 6.07) is 5.38. The lowest BCUT2D eigenvalue weighted by molar-refractivity contribution is 0.623. The van der Waals surface area contributed by atoms with Crippen LogP contribution in [0, 0.1) is 12.7 Å². The highest BCUT2D eigenvalue weighted by Crippen LogP contribution is 2.38. The lowest BCUT2D eigenvalue weighted by Gasteiger charge is -2.31. The molecule has 22 heavy (non-hydrogen) atoms. The maximum absolute atomic E-state index is 14.2. The molecule has 1 aliphatic heterocycles. The summed E-state index contributed by atoms with van der Waals surface area (Å²) < 4.78 is 14.9. The number of pyridine rings is 1. The Morgan fingerprint density at radius 3 is 2.82 bits per heavy atom. The number of benzene rings is 1. The summed E-state index contributed by atoms with van der Waals surface area (Å²) in [7, 11) is 0. The molecule has 1 aromatic heterocycles. The van der Waals surface area contributed by atoms with Crippen LogP contribution in [0.25, 0.3) is 0 Å². The Morgan fingerprint density at radius 2 is 2.09 bits per heavy atom. The van der Waals surface area contributed by atoms with Crippen LogP contribution in [0.2, 0.25) is 0 Å². The SMILES string of the molecule is Cc1ccnc(C(C)C)c1N1CN=Cc2c(F)cc(Br)cc21. The lowest BCUT2D eigenvalue weighted by Crippen LogP contribution is -2.25. The van der Waals surface area contributed by atoms with Crippen molar-refractivity contribution in [3.63, 3.8) is 0 Å². The Bertz CT molecular complexity index is 756. The van der Waals surface area contributed by atoms with Crippen molar-refractivity contribution in [2.24, 2.45) is 4.99 Å². The van der Waals surface area contributed by atoms with E-state index in [2.05, 4.69) is 46.7 Å². The number of fused-ring (bicyclic) bond motifs is 1. The molecule has 2 aromatic rings. The molecule has 0 atom stereocenters. The molecule has 0 unspecified atom stereocenters. The third-order valence-corrected chi connectivity index (χ3v) is 4.24. The lowest BCUT2D eigenvalue weighted by atomic mass is 10.0. The van der Waals surface area contributed by atoms with E-state index in [4.69, 9.17) is 0 Å². The van der Waals surface area contributed by atoms with Crippen LogP contribution in [0.5, 0.6) is 0 Å². The topological polar surface area (TPSA) is 28.5 Å². The van der Waals surface area contributed by atoms with Crippen molar-refractivity contribution < 1.29 is 4.39 Å². The molecule has 5 heteroatoms. The maximum atomic E-state index is 14.2. The monoisotopic (exact) mass is 361 g/mol. The predicted octanol–water partition coefficient (Wildman–Crippen LogP) is 4.94. The molecule has 0 aliphatic carbocycles. The van der Waals surface area contributed by atoms with E-state index in [-0.39, 0.29) is 11.7 Å². The van der Waals surface area contributed by atoms with E-state index in [1.54, 1.807) is 6.21 Å². The number of anilines is 2. The number of halogens is 2. The Kier molecular flexibility index (Phi) is 4.00. The van der Waals surface area contributed by atoms with E-state index in [1.807, 2.05) is 23.2 Å². The molecule has 0 spiro atoms. The fourth-order valence-corrected chi connectivity index (χ4v) is 3.17. The molecule has 0 N–H and O–H groups in total. The minimum Gasteiger partial charge on any atom is -0.319 e. The zero-order chi connectivity index (χ0) is 15.9. The van der Waals surface area contributed by atoms with Gasteiger partial charge in [0.15, 0.2) is 0 Å². The minimum atomic E-state index is -0.273. The number of aliphatic imine (C=N–C) groups is 1. The van der Waals surface area contributed by atoms with Crippen LogP contribution < -0.4 is 4.90 Å². The molecule has 0 bridgehead atoms. The predicted molar refractivity (Wildman–Crippen MR) is 91.8 cm³/mol. The maximum Gasteiger partial charge on any atom is 0.135 e. The standard InChI is InChI=1S/C17H17BrFN3/c1-10(2)16-17(11(3)4-5-21-16)22-9-20-8-13-14(19)6-12(18)7-15(13)22/h4-8,10H,9H2,1-3H3. The van der Waals surface area contributed by atoms with E-state index in [0.29, 0.717) is 12.2 Å². The highest BCUT2D eigenvalue weighted by molar-refractivity contribution is 9.10. The first-order valence-electron chi connectivity index (χ1n) is 7.21. The second kappa shape index (κ2) is 5.80. The molecule has 1 aliphatic rings. The second-order valence-corrected chi connectivity index (χ2v) is 6.63. The van der Waals surface area contributed by atoms with Crippen LogP contribution in [0.1, 0.15) is 36.6 Å². The first-order chi connectivity index (χ1) is 10.5. The molecule has 114 valence electrons. The van der Waals surface area contributed by atoms with Gasteiger partial charge in [-0.1, -0.05) is 29.8 Å². The van der Waals surface area contributed by atoms with Gasteiger partial charge in [0, 0.05) is 16.9 Å². The van der Waals surface area contributed by atoms with Crippen molar-refractivity contribution in [3.05, 3.63) is 51.5 Å². The molecular formula is C17H17BrFN3. The summed E-state index contributed by atoms with van der Waals surface area (Å²) in [5, 5.41) is 0. The Labute approximate surface area is 138 Å². The van der Waals surface area contributed by atoms with Gasteiger partial charge in [0.25, 0.3) is 0 Å². The number of aromatic nitrogens is 1. The van der Waals surface area contributed by atoms with Crippen LogP contribution in [0.15, 0.2) is 33.9 Å². The third kappa shape index (κ3) is 2.54. The Balaban J connectivity index is 2.23. The first-order valence-corrected chi connectivity index (χ1v) is 8.00. The van der Waals surface area contributed by atoms with Crippen molar-refractivity contribution >= 4 is 33.5 Å². The second-order valence-electron chi connectivity index (χ2n) is 5.72. The zero-order valence-electron chi connectivity index (χ0n) is 12.8. The van der Waals surface area contributed by atoms with Crippen LogP contribution in [0.3, 0.4) is 0 Å². The van der Waals surface area contributed by atoms with Crippen LogP contribution in [-0.2, 0) is 0 Å². The molecule has 0 saturated carbocycles. The largest absolute Gasteiger partial charge is 0.319 e. The minimum absolute atomic E-state index is 0.273. The van der Waals surface area contributed by atoms with Gasteiger partial charge in [-0.3, -0.25) is 9.98 Å². The average Bonchev–Trinajstić information content (AvgIpc) is 2.46. The highest BCUT2D eigenvalue weighted by atomic mass is 79.9. The molecule has 3 nitrogen and oxygen atoms in total. The van der Waals surface area contributed by atoms with Crippen molar-refractivity contribution in [1.82, 2.24) is 4.98 Å². The van der Waals surface area contributed by atoms with Gasteiger partial charge < -0.3 is 4.90 Å². The van der Waals surface area contributed by atoms with Gasteiger partial charge in [0.05, 0.1) is 22.6 Å². The number of hydrogen-bond acceptors (Lipinski definition) is 3. The van der Waals surface area contributed by atoms with Crippen molar-refractivity contribution in [2.45, 2.75) is 26.7 Å². The molecule has 0 saturated heterocycles. The summed E-state index contributed by atoms with van der Waals surface area (Å²) in [5.41, 5.74) is 4.48. The third-order valence-electron chi connectivity index (χ3n) is 3.78. The molecule has 1 aromatic carbocycles. The van der Waals surface area contributed by atoms with Crippen LogP contribution >= 0.6 is 15.9 Å². The Morgan fingerprint density at radius 1 is 1.32 bits per heavy atom. The summed E-state index contributed by atoms with van der Waals surface area (Å²) in [6.07, 6.45) is 3.43. The number of hydrogen-bond donors (Lipinski definition) is 0. The van der Waals surface area contributed by atoms with Gasteiger partial charge in [-0.25, -0.2) is 4.39 Å². The van der Waals surface area contributed by atoms with E-state index in [0.717, 1.165) is 27.1 Å². The van der Waals surface area contributed by atoms with E-state index < -0.39 is 0 Å². The van der Waals surface area contributed by atoms with E-state index in [1.165, 1.54) is 6.07 Å². The Hall–Kier alpha value is -1.75. The number of nitrogens with zero attached hydrogens (tertiary/aromatic N) is 3. The molecule has 0 radical (unpaired) electrons. The van der Waals surface area contributed by atoms with Crippen molar-refractivity contribution in [3.8, 4) is 0 Å². The average molecular weight is 362 g/mol. The summed E-state index contributed by atoms with van der Waals surface area (Å²) in [5.74, 6) is 0.00622.